The molecule has 1 aliphatic rings. The molecule has 0 aliphatic heterocycles. The first-order valence-corrected chi connectivity index (χ1v) is 5.87. The summed E-state index contributed by atoms with van der Waals surface area (Å²) < 4.78 is 13.3. The molecule has 0 saturated heterocycles. The number of fused-ring (bicyclic) bond motifs is 1. The minimum absolute atomic E-state index is 0.132. The van der Waals surface area contributed by atoms with Gasteiger partial charge in [0.25, 0.3) is 0 Å². The normalized spacial score (nSPS) is 20.4. The van der Waals surface area contributed by atoms with Crippen LogP contribution in [0.25, 0.3) is 5.57 Å². The standard InChI is InChI=1S/C14H16FNO/c1-3-9-6-10(7-14(17)16-2)13-8-11(15)4-5-12(9)13/h4-5,7-9H,3,6H2,1-2H3,(H,16,17)/b10-7-. The zero-order valence-electron chi connectivity index (χ0n) is 10.1. The number of benzene rings is 1. The number of allylic oxidation sites excluding steroid dienone is 1. The van der Waals surface area contributed by atoms with E-state index < -0.39 is 0 Å². The topological polar surface area (TPSA) is 29.1 Å². The van der Waals surface area contributed by atoms with E-state index in [0.29, 0.717) is 5.92 Å². The molecule has 1 N–H and O–H groups in total. The van der Waals surface area contributed by atoms with Crippen molar-refractivity contribution in [2.24, 2.45) is 0 Å². The van der Waals surface area contributed by atoms with Crippen LogP contribution in [-0.2, 0) is 4.79 Å². The van der Waals surface area contributed by atoms with Crippen molar-refractivity contribution in [3.8, 4) is 0 Å². The number of carbonyl (C=O) groups is 1. The molecule has 1 amide bonds. The van der Waals surface area contributed by atoms with Crippen molar-refractivity contribution in [3.05, 3.63) is 41.2 Å². The number of rotatable bonds is 2. The molecule has 0 saturated carbocycles. The van der Waals surface area contributed by atoms with Crippen LogP contribution < -0.4 is 5.32 Å². The van der Waals surface area contributed by atoms with E-state index in [0.717, 1.165) is 29.5 Å². The molecule has 17 heavy (non-hydrogen) atoms. The second-order valence-corrected chi connectivity index (χ2v) is 4.32. The van der Waals surface area contributed by atoms with Gasteiger partial charge in [-0.25, -0.2) is 4.39 Å². The highest BCUT2D eigenvalue weighted by atomic mass is 19.1. The van der Waals surface area contributed by atoms with Crippen molar-refractivity contribution in [2.45, 2.75) is 25.7 Å². The van der Waals surface area contributed by atoms with Gasteiger partial charge < -0.3 is 5.32 Å². The summed E-state index contributed by atoms with van der Waals surface area (Å²) in [5.41, 5.74) is 2.98. The molecule has 1 aliphatic carbocycles. The molecule has 1 unspecified atom stereocenters. The molecular weight excluding hydrogens is 217 g/mol. The van der Waals surface area contributed by atoms with E-state index in [4.69, 9.17) is 0 Å². The third-order valence-electron chi connectivity index (χ3n) is 3.31. The van der Waals surface area contributed by atoms with E-state index in [1.54, 1.807) is 13.1 Å². The molecule has 0 spiro atoms. The van der Waals surface area contributed by atoms with Gasteiger partial charge in [0.05, 0.1) is 0 Å². The highest BCUT2D eigenvalue weighted by Gasteiger charge is 2.25. The van der Waals surface area contributed by atoms with Gasteiger partial charge in [-0.1, -0.05) is 13.0 Å². The van der Waals surface area contributed by atoms with Gasteiger partial charge in [-0.15, -0.1) is 0 Å². The highest BCUT2D eigenvalue weighted by molar-refractivity contribution is 5.96. The lowest BCUT2D eigenvalue weighted by molar-refractivity contribution is -0.116. The number of amides is 1. The second-order valence-electron chi connectivity index (χ2n) is 4.32. The van der Waals surface area contributed by atoms with Crippen LogP contribution in [0.15, 0.2) is 24.3 Å². The largest absolute Gasteiger partial charge is 0.356 e. The van der Waals surface area contributed by atoms with Crippen LogP contribution in [0, 0.1) is 5.82 Å². The molecule has 0 heterocycles. The minimum Gasteiger partial charge on any atom is -0.356 e. The molecule has 90 valence electrons. The maximum absolute atomic E-state index is 13.3. The van der Waals surface area contributed by atoms with Crippen LogP contribution in [0.4, 0.5) is 4.39 Å². The van der Waals surface area contributed by atoms with Gasteiger partial charge >= 0.3 is 0 Å². The quantitative estimate of drug-likeness (QED) is 0.782. The van der Waals surface area contributed by atoms with Crippen LogP contribution in [0.5, 0.6) is 0 Å². The van der Waals surface area contributed by atoms with E-state index in [2.05, 4.69) is 12.2 Å². The Morgan fingerprint density at radius 3 is 3.00 bits per heavy atom. The van der Waals surface area contributed by atoms with Gasteiger partial charge in [-0.2, -0.15) is 0 Å². The fourth-order valence-corrected chi connectivity index (χ4v) is 2.38. The summed E-state index contributed by atoms with van der Waals surface area (Å²) in [4.78, 5) is 11.4. The van der Waals surface area contributed by atoms with Crippen molar-refractivity contribution < 1.29 is 9.18 Å². The molecule has 0 aromatic heterocycles. The third-order valence-corrected chi connectivity index (χ3v) is 3.31. The molecule has 2 nitrogen and oxygen atoms in total. The van der Waals surface area contributed by atoms with Gasteiger partial charge in [-0.3, -0.25) is 4.79 Å². The Morgan fingerprint density at radius 2 is 2.35 bits per heavy atom. The lowest BCUT2D eigenvalue weighted by Gasteiger charge is -2.06. The zero-order chi connectivity index (χ0) is 12.4. The van der Waals surface area contributed by atoms with Crippen molar-refractivity contribution in [3.63, 3.8) is 0 Å². The Bertz CT molecular complexity index is 479. The number of nitrogens with one attached hydrogen (secondary N) is 1. The van der Waals surface area contributed by atoms with E-state index in [-0.39, 0.29) is 11.7 Å². The number of hydrogen-bond donors (Lipinski definition) is 1. The molecule has 1 aromatic carbocycles. The van der Waals surface area contributed by atoms with E-state index in [9.17, 15) is 9.18 Å². The van der Waals surface area contributed by atoms with E-state index in [1.807, 2.05) is 6.07 Å². The van der Waals surface area contributed by atoms with Gasteiger partial charge in [0.1, 0.15) is 5.82 Å². The lowest BCUT2D eigenvalue weighted by atomic mass is 9.99. The second kappa shape index (κ2) is 4.70. The van der Waals surface area contributed by atoms with Gasteiger partial charge in [0, 0.05) is 13.1 Å². The lowest BCUT2D eigenvalue weighted by Crippen LogP contribution is -2.14. The Hall–Kier alpha value is -1.64. The average Bonchev–Trinajstić information content (AvgIpc) is 2.66. The molecule has 0 bridgehead atoms. The predicted octanol–water partition coefficient (Wildman–Crippen LogP) is 2.85. The molecular formula is C14H16FNO. The molecule has 0 fully saturated rings. The molecule has 1 aromatic rings. The minimum atomic E-state index is -0.247. The summed E-state index contributed by atoms with van der Waals surface area (Å²) in [6.07, 6.45) is 3.40. The van der Waals surface area contributed by atoms with Crippen molar-refractivity contribution >= 4 is 11.5 Å². The van der Waals surface area contributed by atoms with Crippen molar-refractivity contribution in [1.29, 1.82) is 0 Å². The van der Waals surface area contributed by atoms with Gasteiger partial charge in [0.2, 0.25) is 5.91 Å². The van der Waals surface area contributed by atoms with Crippen LogP contribution in [0.1, 0.15) is 36.8 Å². The Morgan fingerprint density at radius 1 is 1.59 bits per heavy atom. The highest BCUT2D eigenvalue weighted by Crippen LogP contribution is 2.42. The summed E-state index contributed by atoms with van der Waals surface area (Å²) in [6, 6.07) is 4.85. The fraction of sp³-hybridized carbons (Fsp3) is 0.357. The number of carbonyl (C=O) groups excluding carboxylic acids is 1. The van der Waals surface area contributed by atoms with Crippen molar-refractivity contribution in [1.82, 2.24) is 5.32 Å². The monoisotopic (exact) mass is 233 g/mol. The fourth-order valence-electron chi connectivity index (χ4n) is 2.38. The Kier molecular flexibility index (Phi) is 3.27. The number of likely N-dealkylation sites (N-methyl/N-ethyl adjacent to an activating group) is 1. The first-order valence-electron chi connectivity index (χ1n) is 5.87. The maximum atomic E-state index is 13.3. The number of hydrogen-bond acceptors (Lipinski definition) is 1. The molecule has 2 rings (SSSR count). The van der Waals surface area contributed by atoms with Crippen molar-refractivity contribution in [2.75, 3.05) is 7.05 Å². The Labute approximate surface area is 101 Å². The van der Waals surface area contributed by atoms with Gasteiger partial charge in [0.15, 0.2) is 0 Å². The summed E-state index contributed by atoms with van der Waals surface area (Å²) in [5, 5.41) is 2.56. The molecule has 3 heteroatoms. The Balaban J connectivity index is 2.45. The molecule has 0 radical (unpaired) electrons. The molecule has 1 atom stereocenters. The smallest absolute Gasteiger partial charge is 0.244 e. The van der Waals surface area contributed by atoms with Crippen LogP contribution in [0.2, 0.25) is 0 Å². The average molecular weight is 233 g/mol. The summed E-state index contributed by atoms with van der Waals surface area (Å²) >= 11 is 0. The summed E-state index contributed by atoms with van der Waals surface area (Å²) in [5.74, 6) is 0.0248. The van der Waals surface area contributed by atoms with Crippen LogP contribution in [-0.4, -0.2) is 13.0 Å². The summed E-state index contributed by atoms with van der Waals surface area (Å²) in [7, 11) is 1.60. The maximum Gasteiger partial charge on any atom is 0.244 e. The SMILES string of the molecule is CCC1C/C(=C/C(=O)NC)c2cc(F)ccc21. The third kappa shape index (κ3) is 2.23. The van der Waals surface area contributed by atoms with E-state index in [1.165, 1.54) is 12.1 Å². The number of halogens is 1. The summed E-state index contributed by atoms with van der Waals surface area (Å²) in [6.45, 7) is 2.11. The first-order chi connectivity index (χ1) is 8.15. The zero-order valence-corrected chi connectivity index (χ0v) is 10.1. The first kappa shape index (κ1) is 11.8. The predicted molar refractivity (Wildman–Crippen MR) is 66.1 cm³/mol. The van der Waals surface area contributed by atoms with Gasteiger partial charge in [-0.05, 0) is 47.6 Å². The van der Waals surface area contributed by atoms with Crippen LogP contribution >= 0.6 is 0 Å². The van der Waals surface area contributed by atoms with Crippen LogP contribution in [0.3, 0.4) is 0 Å². The van der Waals surface area contributed by atoms with E-state index >= 15 is 0 Å².